The molecule has 0 unspecified atom stereocenters. The average Bonchev–Trinajstić information content (AvgIpc) is 1.87. The van der Waals surface area contributed by atoms with Crippen molar-refractivity contribution in [3.63, 3.8) is 0 Å². The predicted molar refractivity (Wildman–Crippen MR) is 332 cm³/mol. The largest absolute Gasteiger partial charge is 0.508 e. The summed E-state index contributed by atoms with van der Waals surface area (Å²) >= 11 is 0. The maximum Gasteiger partial charge on any atom is 0.326 e. The Kier molecular flexibility index (Phi) is 29.8. The van der Waals surface area contributed by atoms with Crippen LogP contribution in [-0.2, 0) is 76.8 Å². The van der Waals surface area contributed by atoms with Crippen LogP contribution < -0.4 is 65.5 Å². The summed E-state index contributed by atoms with van der Waals surface area (Å²) in [5.74, 6) is -13.0. The highest BCUT2D eigenvalue weighted by Gasteiger charge is 2.36. The summed E-state index contributed by atoms with van der Waals surface area (Å²) in [5, 5.41) is 60.7. The number of carboxylic acid groups (broad SMARTS) is 2. The van der Waals surface area contributed by atoms with E-state index in [4.69, 9.17) is 22.9 Å². The van der Waals surface area contributed by atoms with Crippen molar-refractivity contribution in [2.75, 3.05) is 6.54 Å². The minimum Gasteiger partial charge on any atom is -0.508 e. The number of rotatable bonds is 40. The molecule has 0 aliphatic heterocycles. The van der Waals surface area contributed by atoms with E-state index in [2.05, 4.69) is 47.5 Å². The molecule has 1 aromatic heterocycles. The van der Waals surface area contributed by atoms with Gasteiger partial charge in [0, 0.05) is 49.2 Å². The Labute approximate surface area is 526 Å². The Bertz CT molecular complexity index is 3160. The second-order valence-corrected chi connectivity index (χ2v) is 23.2. The van der Waals surface area contributed by atoms with Crippen LogP contribution in [0.4, 0.5) is 0 Å². The number of aromatic hydroxyl groups is 2. The topological polar surface area (TPSA) is 502 Å². The van der Waals surface area contributed by atoms with Gasteiger partial charge < -0.3 is 90.9 Å². The number of aromatic nitrogens is 1. The van der Waals surface area contributed by atoms with E-state index in [9.17, 15) is 78.0 Å². The number of amides is 10. The number of nitrogens with two attached hydrogens (primary N) is 4. The van der Waals surface area contributed by atoms with E-state index < -0.39 is 157 Å². The fraction of sp³-hybridized carbons (Fsp3) is 0.484. The van der Waals surface area contributed by atoms with E-state index >= 15 is 0 Å². The predicted octanol–water partition coefficient (Wildman–Crippen LogP) is -0.486. The molecule has 0 spiro atoms. The van der Waals surface area contributed by atoms with Gasteiger partial charge in [-0.3, -0.25) is 52.7 Å². The number of hydrogen-bond donors (Lipinski definition) is 17. The molecule has 0 radical (unpaired) electrons. The minimum atomic E-state index is -1.69. The molecule has 1 heterocycles. The lowest BCUT2D eigenvalue weighted by molar-refractivity contribution is -0.142. The molecule has 4 aromatic rings. The summed E-state index contributed by atoms with van der Waals surface area (Å²) < 4.78 is 0. The van der Waals surface area contributed by atoms with Gasteiger partial charge in [0.15, 0.2) is 0 Å². The third-order valence-corrected chi connectivity index (χ3v) is 14.6. The smallest absolute Gasteiger partial charge is 0.326 e. The Hall–Kier alpha value is -9.64. The Balaban J connectivity index is 1.60. The normalized spacial score (nSPS) is 14.2. The van der Waals surface area contributed by atoms with Gasteiger partial charge in [0.05, 0.1) is 6.04 Å². The number of fused-ring (bicyclic) bond motifs is 1. The number of phenolic OH excluding ortho intramolecular Hbond substituents is 2. The quantitative estimate of drug-likeness (QED) is 0.0250. The monoisotopic (exact) mass is 1270 g/mol. The maximum atomic E-state index is 14.7. The molecule has 0 bridgehead atoms. The van der Waals surface area contributed by atoms with Crippen molar-refractivity contribution >= 4 is 81.9 Å². The van der Waals surface area contributed by atoms with Crippen molar-refractivity contribution in [1.29, 1.82) is 0 Å². The number of nitrogens with one attached hydrogen (secondary N) is 9. The number of aliphatic carboxylic acids is 2. The summed E-state index contributed by atoms with van der Waals surface area (Å²) in [4.78, 5) is 165. The van der Waals surface area contributed by atoms with Crippen LogP contribution in [0.2, 0.25) is 0 Å². The molecule has 3 aromatic carbocycles. The number of unbranched alkanes of at least 4 members (excludes halogenated alkanes) is 1. The molecule has 0 saturated heterocycles. The number of benzene rings is 3. The van der Waals surface area contributed by atoms with Crippen LogP contribution >= 0.6 is 0 Å². The molecule has 0 aliphatic carbocycles. The van der Waals surface area contributed by atoms with Gasteiger partial charge in [0.2, 0.25) is 59.1 Å². The van der Waals surface area contributed by atoms with Crippen molar-refractivity contribution in [2.45, 2.75) is 172 Å². The van der Waals surface area contributed by atoms with E-state index in [0.717, 1.165) is 10.9 Å². The van der Waals surface area contributed by atoms with Crippen LogP contribution in [0.25, 0.3) is 10.9 Å². The zero-order valence-electron chi connectivity index (χ0n) is 51.5. The van der Waals surface area contributed by atoms with Gasteiger partial charge in [0.1, 0.15) is 59.8 Å². The first-order valence-electron chi connectivity index (χ1n) is 30.0. The lowest BCUT2D eigenvalue weighted by Gasteiger charge is -2.29. The Morgan fingerprint density at radius 3 is 1.25 bits per heavy atom. The fourth-order valence-corrected chi connectivity index (χ4v) is 9.77. The van der Waals surface area contributed by atoms with Gasteiger partial charge in [-0.25, -0.2) is 4.79 Å². The number of carbonyl (C=O) groups excluding carboxylic acids is 10. The van der Waals surface area contributed by atoms with E-state index in [0.29, 0.717) is 29.5 Å². The number of H-pyrrole nitrogens is 1. The van der Waals surface area contributed by atoms with Crippen LogP contribution in [0, 0.1) is 11.8 Å². The highest BCUT2D eigenvalue weighted by Crippen LogP contribution is 2.20. The maximum absolute atomic E-state index is 14.7. The molecule has 10 amide bonds. The van der Waals surface area contributed by atoms with Gasteiger partial charge in [-0.05, 0) is 123 Å². The van der Waals surface area contributed by atoms with Crippen LogP contribution in [0.15, 0.2) is 79.0 Å². The number of aromatic amines is 1. The van der Waals surface area contributed by atoms with E-state index in [-0.39, 0.29) is 74.8 Å². The number of para-hydroxylation sites is 1. The van der Waals surface area contributed by atoms with Crippen LogP contribution in [-0.4, -0.2) is 157 Å². The molecule has 9 atom stereocenters. The Morgan fingerprint density at radius 1 is 0.451 bits per heavy atom. The highest BCUT2D eigenvalue weighted by molar-refractivity contribution is 5.99. The molecule has 0 saturated carbocycles. The molecule has 4 rings (SSSR count). The molecule has 29 heteroatoms. The molecule has 91 heavy (non-hydrogen) atoms. The first-order chi connectivity index (χ1) is 43.0. The average molecular weight is 1270 g/mol. The number of carbonyl (C=O) groups is 12. The molecule has 0 fully saturated rings. The minimum absolute atomic E-state index is 0.00313. The molecular weight excluding hydrogens is 1180 g/mol. The van der Waals surface area contributed by atoms with Gasteiger partial charge >= 0.3 is 11.9 Å². The van der Waals surface area contributed by atoms with E-state index in [1.54, 1.807) is 40.0 Å². The van der Waals surface area contributed by atoms with Crippen molar-refractivity contribution in [1.82, 2.24) is 47.5 Å². The number of hydrogen-bond acceptors (Lipinski definition) is 16. The van der Waals surface area contributed by atoms with Gasteiger partial charge in [-0.2, -0.15) is 0 Å². The fourth-order valence-electron chi connectivity index (χ4n) is 9.77. The molecular formula is C62H87N13O16. The van der Waals surface area contributed by atoms with Crippen LogP contribution in [0.1, 0.15) is 115 Å². The van der Waals surface area contributed by atoms with Crippen LogP contribution in [0.3, 0.4) is 0 Å². The number of phenols is 2. The highest BCUT2D eigenvalue weighted by atomic mass is 16.4. The van der Waals surface area contributed by atoms with Crippen molar-refractivity contribution in [3.8, 4) is 11.5 Å². The Morgan fingerprint density at radius 2 is 0.824 bits per heavy atom. The molecule has 496 valence electrons. The molecule has 21 N–H and O–H groups in total. The SMILES string of the molecule is CC(C)C[C@H](NC(=O)[C@H](CCC(N)=O)NC(=O)[C@H](Cc1ccc(O)cc1)NC(=O)[C@H](CC(C)C)NC(=O)[C@H](CCC(=O)O)NC(=O)[C@H](CCC(N)=O)NC(=O)[C@@H](N)Cc1c[nH]c2ccccc12)C(=O)N[C@@H](CCCCN)C(=O)N[C@@H](Cc1ccc(O)cc1)C(=O)O. The number of primary amides is 2. The third kappa shape index (κ3) is 25.8. The lowest BCUT2D eigenvalue weighted by Crippen LogP contribution is -2.61. The van der Waals surface area contributed by atoms with Crippen molar-refractivity contribution in [2.24, 2.45) is 34.8 Å². The first-order valence-corrected chi connectivity index (χ1v) is 30.0. The summed E-state index contributed by atoms with van der Waals surface area (Å²) in [6.45, 7) is 7.11. The number of carboxylic acids is 2. The van der Waals surface area contributed by atoms with E-state index in [1.807, 2.05) is 18.2 Å². The van der Waals surface area contributed by atoms with E-state index in [1.165, 1.54) is 48.5 Å². The standard InChI is InChI=1S/C62H87N13O16/c1-33(2)27-47(59(87)69-43(11-7-8-26-63)55(83)75-50(62(90)91)30-36-14-18-39(77)19-15-36)72-57(85)45(21-24-52(66)79)71-61(89)49(29-35-12-16-38(76)17-13-35)74-60(88)48(28-34(3)4)73-58(86)46(22-25-53(80)81)70-56(84)44(20-23-51(65)78)68-54(82)41(64)31-37-32-67-42-10-6-5-9-40(37)42/h5-6,9-10,12-19,32-34,41,43-50,67,76-77H,7-8,11,20-31,63-64H2,1-4H3,(H2,65,78)(H2,66,79)(H,68,82)(H,69,87)(H,70,84)(H,71,89)(H,72,85)(H,73,86)(H,74,88)(H,75,83)(H,80,81)(H,90,91)/t41-,43-,44-,45-,46-,47-,48-,49-,50-/m0/s1. The zero-order valence-corrected chi connectivity index (χ0v) is 51.5. The second kappa shape index (κ2) is 36.7. The van der Waals surface area contributed by atoms with Crippen LogP contribution in [0.5, 0.6) is 11.5 Å². The third-order valence-electron chi connectivity index (χ3n) is 14.6. The summed E-state index contributed by atoms with van der Waals surface area (Å²) in [6, 6.07) is 5.04. The summed E-state index contributed by atoms with van der Waals surface area (Å²) in [5.41, 5.74) is 25.3. The molecule has 0 aliphatic rings. The lowest BCUT2D eigenvalue weighted by atomic mass is 9.99. The first kappa shape index (κ1) is 73.8. The van der Waals surface area contributed by atoms with Gasteiger partial charge in [0.25, 0.3) is 0 Å². The second-order valence-electron chi connectivity index (χ2n) is 23.2. The summed E-state index contributed by atoms with van der Waals surface area (Å²) in [6.07, 6.45) is -1.11. The zero-order chi connectivity index (χ0) is 67.5. The molecule has 29 nitrogen and oxygen atoms in total. The summed E-state index contributed by atoms with van der Waals surface area (Å²) in [7, 11) is 0. The van der Waals surface area contributed by atoms with Crippen molar-refractivity contribution < 1.29 is 78.0 Å². The van der Waals surface area contributed by atoms with Crippen molar-refractivity contribution in [3.05, 3.63) is 95.7 Å². The van der Waals surface area contributed by atoms with Gasteiger partial charge in [-0.1, -0.05) is 70.2 Å². The van der Waals surface area contributed by atoms with Gasteiger partial charge in [-0.15, -0.1) is 0 Å².